The van der Waals surface area contributed by atoms with Gasteiger partial charge < -0.3 is 0 Å². The summed E-state index contributed by atoms with van der Waals surface area (Å²) in [6.07, 6.45) is 0. The molecule has 0 saturated carbocycles. The van der Waals surface area contributed by atoms with E-state index in [0.717, 1.165) is 26.6 Å². The maximum Gasteiger partial charge on any atom is 0.0491 e. The van der Waals surface area contributed by atoms with Crippen molar-refractivity contribution in [2.24, 2.45) is 0 Å². The minimum absolute atomic E-state index is 0.740. The molecule has 0 atom stereocenters. The lowest BCUT2D eigenvalue weighted by molar-refractivity contribution is 1.46. The van der Waals surface area contributed by atoms with E-state index in [2.05, 4.69) is 56.3 Å². The molecule has 0 aliphatic heterocycles. The van der Waals surface area contributed by atoms with Crippen molar-refractivity contribution in [2.45, 2.75) is 13.8 Å². The summed E-state index contributed by atoms with van der Waals surface area (Å²) in [5.41, 5.74) is 4.88. The van der Waals surface area contributed by atoms with Crippen molar-refractivity contribution in [3.05, 3.63) is 81.8 Å². The van der Waals surface area contributed by atoms with Crippen LogP contribution in [0.15, 0.2) is 60.7 Å². The molecule has 0 N–H and O–H groups in total. The van der Waals surface area contributed by atoms with Crippen LogP contribution in [0.1, 0.15) is 11.1 Å². The third kappa shape index (κ3) is 2.16. The molecule has 0 amide bonds. The van der Waals surface area contributed by atoms with Gasteiger partial charge >= 0.3 is 0 Å². The Hall–Kier alpha value is -2.28. The molecule has 0 aliphatic rings. The Kier molecular flexibility index (Phi) is 3.44. The van der Waals surface area contributed by atoms with E-state index in [1.165, 1.54) is 38.1 Å². The maximum absolute atomic E-state index is 6.72. The monoisotopic (exact) mass is 374 g/mol. The summed E-state index contributed by atoms with van der Waals surface area (Å²) in [4.78, 5) is 0. The summed E-state index contributed by atoms with van der Waals surface area (Å²) >= 11 is 12.8. The van der Waals surface area contributed by atoms with Crippen molar-refractivity contribution >= 4 is 55.5 Å². The van der Waals surface area contributed by atoms with Crippen molar-refractivity contribution in [1.29, 1.82) is 0 Å². The smallest absolute Gasteiger partial charge is 0.0491 e. The number of hydrogen-bond donors (Lipinski definition) is 0. The van der Waals surface area contributed by atoms with Gasteiger partial charge in [0.2, 0.25) is 0 Å². The molecule has 0 bridgehead atoms. The van der Waals surface area contributed by atoms with E-state index in [1.54, 1.807) is 0 Å². The molecule has 26 heavy (non-hydrogen) atoms. The summed E-state index contributed by atoms with van der Waals surface area (Å²) in [5.74, 6) is 0. The Balaban J connectivity index is 2.08. The van der Waals surface area contributed by atoms with E-state index in [9.17, 15) is 0 Å². The number of halogens is 2. The largest absolute Gasteiger partial charge is 0.0843 e. The molecule has 0 nitrogen and oxygen atoms in total. The lowest BCUT2D eigenvalue weighted by atomic mass is 9.86. The zero-order valence-electron chi connectivity index (χ0n) is 14.5. The molecular weight excluding hydrogens is 359 g/mol. The highest BCUT2D eigenvalue weighted by Crippen LogP contribution is 2.44. The van der Waals surface area contributed by atoms with Gasteiger partial charge in [-0.05, 0) is 87.3 Å². The van der Waals surface area contributed by atoms with E-state index in [4.69, 9.17) is 23.2 Å². The molecule has 0 fully saturated rings. The van der Waals surface area contributed by atoms with Gasteiger partial charge in [0.1, 0.15) is 0 Å². The van der Waals surface area contributed by atoms with Gasteiger partial charge in [0.25, 0.3) is 0 Å². The van der Waals surface area contributed by atoms with Crippen molar-refractivity contribution in [2.75, 3.05) is 0 Å². The van der Waals surface area contributed by atoms with Crippen molar-refractivity contribution in [3.8, 4) is 11.1 Å². The third-order valence-electron chi connectivity index (χ3n) is 5.40. The predicted octanol–water partition coefficient (Wildman–Crippen LogP) is 8.17. The van der Waals surface area contributed by atoms with Gasteiger partial charge in [-0.2, -0.15) is 0 Å². The fourth-order valence-corrected chi connectivity index (χ4v) is 4.59. The average molecular weight is 375 g/mol. The van der Waals surface area contributed by atoms with E-state index in [0.29, 0.717) is 0 Å². The lowest BCUT2D eigenvalue weighted by Crippen LogP contribution is -1.92. The van der Waals surface area contributed by atoms with Crippen molar-refractivity contribution in [3.63, 3.8) is 0 Å². The van der Waals surface area contributed by atoms with Gasteiger partial charge in [0, 0.05) is 15.4 Å². The summed E-state index contributed by atoms with van der Waals surface area (Å²) < 4.78 is 0. The second-order valence-electron chi connectivity index (χ2n) is 7.00. The van der Waals surface area contributed by atoms with Crippen LogP contribution in [0.2, 0.25) is 10.0 Å². The molecule has 5 aromatic rings. The Morgan fingerprint density at radius 3 is 2.08 bits per heavy atom. The molecule has 5 aromatic carbocycles. The van der Waals surface area contributed by atoms with Gasteiger partial charge in [-0.15, -0.1) is 0 Å². The molecule has 126 valence electrons. The number of aryl methyl sites for hydroxylation is 2. The topological polar surface area (TPSA) is 0 Å². The van der Waals surface area contributed by atoms with Gasteiger partial charge in [0.05, 0.1) is 0 Å². The molecule has 5 rings (SSSR count). The van der Waals surface area contributed by atoms with E-state index >= 15 is 0 Å². The Morgan fingerprint density at radius 2 is 1.31 bits per heavy atom. The second kappa shape index (κ2) is 5.61. The zero-order chi connectivity index (χ0) is 18.0. The minimum Gasteiger partial charge on any atom is -0.0843 e. The summed E-state index contributed by atoms with van der Waals surface area (Å²) in [7, 11) is 0. The van der Waals surface area contributed by atoms with Gasteiger partial charge in [-0.1, -0.05) is 59.6 Å². The van der Waals surface area contributed by atoms with Gasteiger partial charge in [-0.25, -0.2) is 0 Å². The van der Waals surface area contributed by atoms with Crippen molar-refractivity contribution < 1.29 is 0 Å². The van der Waals surface area contributed by atoms with Crippen LogP contribution < -0.4 is 0 Å². The standard InChI is InChI=1S/C24H16Cl2/c1-13-11-14(2)19-12-20(15-3-7-17(25)8-4-15)24-21(26)10-6-16-5-9-18(13)23(19)22(16)24/h3-12H,1-2H3. The summed E-state index contributed by atoms with van der Waals surface area (Å²) in [5, 5.41) is 9.03. The fraction of sp³-hybridized carbons (Fsp3) is 0.0833. The highest BCUT2D eigenvalue weighted by atomic mass is 35.5. The first-order valence-corrected chi connectivity index (χ1v) is 9.43. The molecule has 0 saturated heterocycles. The van der Waals surface area contributed by atoms with Crippen molar-refractivity contribution in [1.82, 2.24) is 0 Å². The van der Waals surface area contributed by atoms with Crippen LogP contribution >= 0.6 is 23.2 Å². The number of hydrogen-bond acceptors (Lipinski definition) is 0. The Morgan fingerprint density at radius 1 is 0.615 bits per heavy atom. The molecule has 0 heterocycles. The average Bonchev–Trinajstić information content (AvgIpc) is 2.64. The van der Waals surface area contributed by atoms with Gasteiger partial charge in [0.15, 0.2) is 0 Å². The maximum atomic E-state index is 6.72. The van der Waals surface area contributed by atoms with Crippen LogP contribution in [0.4, 0.5) is 0 Å². The van der Waals surface area contributed by atoms with Crippen LogP contribution in [-0.2, 0) is 0 Å². The fourth-order valence-electron chi connectivity index (χ4n) is 4.20. The molecular formula is C24H16Cl2. The lowest BCUT2D eigenvalue weighted by Gasteiger charge is -2.18. The van der Waals surface area contributed by atoms with Crippen LogP contribution in [0.3, 0.4) is 0 Å². The molecule has 0 spiro atoms. The molecule has 2 heteroatoms. The first-order valence-electron chi connectivity index (χ1n) is 8.68. The summed E-state index contributed by atoms with van der Waals surface area (Å²) in [6.45, 7) is 4.37. The second-order valence-corrected chi connectivity index (χ2v) is 7.84. The molecule has 0 aromatic heterocycles. The first kappa shape index (κ1) is 15.9. The Labute approximate surface area is 162 Å². The summed E-state index contributed by atoms with van der Waals surface area (Å²) in [6, 6.07) is 21.1. The van der Waals surface area contributed by atoms with Crippen LogP contribution in [-0.4, -0.2) is 0 Å². The highest BCUT2D eigenvalue weighted by Gasteiger charge is 2.17. The highest BCUT2D eigenvalue weighted by molar-refractivity contribution is 6.40. The van der Waals surface area contributed by atoms with E-state index in [-0.39, 0.29) is 0 Å². The van der Waals surface area contributed by atoms with Crippen LogP contribution in [0, 0.1) is 13.8 Å². The van der Waals surface area contributed by atoms with E-state index < -0.39 is 0 Å². The number of benzene rings is 5. The predicted molar refractivity (Wildman–Crippen MR) is 115 cm³/mol. The zero-order valence-corrected chi connectivity index (χ0v) is 16.0. The normalized spacial score (nSPS) is 11.8. The SMILES string of the molecule is Cc1cc(C)c2cc(-c3ccc(Cl)cc3)c3c(Cl)ccc4ccc1c2c43. The molecule has 0 aliphatic carbocycles. The molecule has 0 radical (unpaired) electrons. The first-order chi connectivity index (χ1) is 12.5. The number of rotatable bonds is 1. The van der Waals surface area contributed by atoms with Crippen LogP contribution in [0.5, 0.6) is 0 Å². The van der Waals surface area contributed by atoms with E-state index in [1.807, 2.05) is 18.2 Å². The van der Waals surface area contributed by atoms with Gasteiger partial charge in [-0.3, -0.25) is 0 Å². The minimum atomic E-state index is 0.740. The Bertz CT molecular complexity index is 1300. The quantitative estimate of drug-likeness (QED) is 0.259. The third-order valence-corrected chi connectivity index (χ3v) is 5.97. The van der Waals surface area contributed by atoms with Crippen LogP contribution in [0.25, 0.3) is 43.4 Å². The molecule has 0 unspecified atom stereocenters.